The summed E-state index contributed by atoms with van der Waals surface area (Å²) in [6.07, 6.45) is 2.59. The van der Waals surface area contributed by atoms with E-state index in [0.29, 0.717) is 6.04 Å². The maximum atomic E-state index is 4.57. The lowest BCUT2D eigenvalue weighted by molar-refractivity contribution is 0.444. The van der Waals surface area contributed by atoms with Crippen molar-refractivity contribution in [2.75, 3.05) is 23.3 Å². The van der Waals surface area contributed by atoms with Gasteiger partial charge in [0.2, 0.25) is 0 Å². The van der Waals surface area contributed by atoms with E-state index < -0.39 is 0 Å². The summed E-state index contributed by atoms with van der Waals surface area (Å²) in [5.74, 6) is 3.60. The number of rotatable bonds is 3. The van der Waals surface area contributed by atoms with Crippen LogP contribution in [0.4, 0.5) is 11.6 Å². The van der Waals surface area contributed by atoms with E-state index >= 15 is 0 Å². The Labute approximate surface area is 110 Å². The largest absolute Gasteiger partial charge is 0.368 e. The van der Waals surface area contributed by atoms with Gasteiger partial charge in [-0.05, 0) is 39.5 Å². The first kappa shape index (κ1) is 13.1. The number of anilines is 2. The molecule has 1 saturated heterocycles. The second-order valence-electron chi connectivity index (χ2n) is 5.65. The SMILES string of the molecule is Cc1nc(NC(C)C)cc(N2CCCC(C)C2)n1. The fourth-order valence-electron chi connectivity index (χ4n) is 2.48. The highest BCUT2D eigenvalue weighted by Gasteiger charge is 2.18. The summed E-state index contributed by atoms with van der Waals surface area (Å²) in [7, 11) is 0. The van der Waals surface area contributed by atoms with Gasteiger partial charge in [0.15, 0.2) is 0 Å². The molecule has 1 atom stereocenters. The number of nitrogens with zero attached hydrogens (tertiary/aromatic N) is 3. The molecule has 1 N–H and O–H groups in total. The molecule has 0 spiro atoms. The normalized spacial score (nSPS) is 20.3. The predicted octanol–water partition coefficient (Wildman–Crippen LogP) is 2.84. The first-order chi connectivity index (χ1) is 8.54. The van der Waals surface area contributed by atoms with Crippen LogP contribution in [-0.2, 0) is 0 Å². The Hall–Kier alpha value is -1.32. The third kappa shape index (κ3) is 3.34. The van der Waals surface area contributed by atoms with Crippen LogP contribution in [0, 0.1) is 12.8 Å². The first-order valence-corrected chi connectivity index (χ1v) is 6.92. The Kier molecular flexibility index (Phi) is 4.04. The summed E-state index contributed by atoms with van der Waals surface area (Å²) in [5.41, 5.74) is 0. The molecule has 0 bridgehead atoms. The Balaban J connectivity index is 2.18. The standard InChI is InChI=1S/C14H24N4/c1-10(2)15-13-8-14(17-12(4)16-13)18-7-5-6-11(3)9-18/h8,10-11H,5-7,9H2,1-4H3,(H,15,16,17). The van der Waals surface area contributed by atoms with E-state index in [4.69, 9.17) is 0 Å². The van der Waals surface area contributed by atoms with Crippen molar-refractivity contribution >= 4 is 11.6 Å². The summed E-state index contributed by atoms with van der Waals surface area (Å²) < 4.78 is 0. The minimum atomic E-state index is 0.396. The molecule has 4 nitrogen and oxygen atoms in total. The van der Waals surface area contributed by atoms with E-state index in [0.717, 1.165) is 36.5 Å². The lowest BCUT2D eigenvalue weighted by Gasteiger charge is -2.32. The van der Waals surface area contributed by atoms with Gasteiger partial charge in [0.25, 0.3) is 0 Å². The summed E-state index contributed by atoms with van der Waals surface area (Å²) in [4.78, 5) is 11.4. The van der Waals surface area contributed by atoms with Gasteiger partial charge in [-0.3, -0.25) is 0 Å². The number of piperidine rings is 1. The van der Waals surface area contributed by atoms with Crippen molar-refractivity contribution in [2.24, 2.45) is 5.92 Å². The molecular formula is C14H24N4. The van der Waals surface area contributed by atoms with Crippen LogP contribution < -0.4 is 10.2 Å². The molecule has 1 aromatic rings. The van der Waals surface area contributed by atoms with Gasteiger partial charge in [0.05, 0.1) is 0 Å². The number of hydrogen-bond donors (Lipinski definition) is 1. The van der Waals surface area contributed by atoms with E-state index in [1.165, 1.54) is 12.8 Å². The third-order valence-electron chi connectivity index (χ3n) is 3.24. The van der Waals surface area contributed by atoms with Crippen molar-refractivity contribution in [1.29, 1.82) is 0 Å². The molecule has 0 aliphatic carbocycles. The van der Waals surface area contributed by atoms with Crippen LogP contribution in [0.3, 0.4) is 0 Å². The van der Waals surface area contributed by atoms with Crippen LogP contribution in [0.15, 0.2) is 6.07 Å². The summed E-state index contributed by atoms with van der Waals surface area (Å²) >= 11 is 0. The summed E-state index contributed by atoms with van der Waals surface area (Å²) in [5, 5.41) is 3.36. The van der Waals surface area contributed by atoms with Crippen molar-refractivity contribution in [3.63, 3.8) is 0 Å². The molecule has 0 radical (unpaired) electrons. The van der Waals surface area contributed by atoms with Crippen molar-refractivity contribution in [3.05, 3.63) is 11.9 Å². The van der Waals surface area contributed by atoms with Crippen LogP contribution in [0.5, 0.6) is 0 Å². The molecular weight excluding hydrogens is 224 g/mol. The Morgan fingerprint density at radius 2 is 2.17 bits per heavy atom. The summed E-state index contributed by atoms with van der Waals surface area (Å²) in [6, 6.07) is 2.47. The molecule has 100 valence electrons. The van der Waals surface area contributed by atoms with Crippen molar-refractivity contribution in [2.45, 2.75) is 46.6 Å². The molecule has 1 aromatic heterocycles. The quantitative estimate of drug-likeness (QED) is 0.893. The van der Waals surface area contributed by atoms with Gasteiger partial charge in [-0.25, -0.2) is 9.97 Å². The van der Waals surface area contributed by atoms with Crippen molar-refractivity contribution in [1.82, 2.24) is 9.97 Å². The van der Waals surface area contributed by atoms with Gasteiger partial charge in [-0.1, -0.05) is 6.92 Å². The van der Waals surface area contributed by atoms with Crippen LogP contribution in [0.1, 0.15) is 39.4 Å². The van der Waals surface area contributed by atoms with Crippen LogP contribution >= 0.6 is 0 Å². The van der Waals surface area contributed by atoms with Gasteiger partial charge in [-0.15, -0.1) is 0 Å². The zero-order valence-corrected chi connectivity index (χ0v) is 11.9. The van der Waals surface area contributed by atoms with Gasteiger partial charge in [0, 0.05) is 25.2 Å². The lowest BCUT2D eigenvalue weighted by Crippen LogP contribution is -2.35. The molecule has 0 amide bonds. The van der Waals surface area contributed by atoms with Crippen molar-refractivity contribution in [3.8, 4) is 0 Å². The monoisotopic (exact) mass is 248 g/mol. The first-order valence-electron chi connectivity index (χ1n) is 6.92. The molecule has 1 fully saturated rings. The second kappa shape index (κ2) is 5.55. The van der Waals surface area contributed by atoms with Gasteiger partial charge >= 0.3 is 0 Å². The number of aromatic nitrogens is 2. The zero-order valence-electron chi connectivity index (χ0n) is 11.9. The van der Waals surface area contributed by atoms with Gasteiger partial charge in [0.1, 0.15) is 17.5 Å². The van der Waals surface area contributed by atoms with E-state index in [1.54, 1.807) is 0 Å². The Morgan fingerprint density at radius 3 is 2.83 bits per heavy atom. The van der Waals surface area contributed by atoms with E-state index in [-0.39, 0.29) is 0 Å². The molecule has 1 aliphatic rings. The third-order valence-corrected chi connectivity index (χ3v) is 3.24. The van der Waals surface area contributed by atoms with E-state index in [2.05, 4.69) is 47.0 Å². The maximum absolute atomic E-state index is 4.57. The summed E-state index contributed by atoms with van der Waals surface area (Å²) in [6.45, 7) is 10.7. The van der Waals surface area contributed by atoms with Crippen LogP contribution in [-0.4, -0.2) is 29.1 Å². The zero-order chi connectivity index (χ0) is 13.1. The second-order valence-corrected chi connectivity index (χ2v) is 5.65. The molecule has 4 heteroatoms. The molecule has 1 aliphatic heterocycles. The predicted molar refractivity (Wildman–Crippen MR) is 76.1 cm³/mol. The average Bonchev–Trinajstić information content (AvgIpc) is 2.27. The minimum absolute atomic E-state index is 0.396. The molecule has 0 aromatic carbocycles. The average molecular weight is 248 g/mol. The Morgan fingerprint density at radius 1 is 1.39 bits per heavy atom. The van der Waals surface area contributed by atoms with E-state index in [1.807, 2.05) is 6.92 Å². The van der Waals surface area contributed by atoms with Crippen LogP contribution in [0.2, 0.25) is 0 Å². The number of nitrogens with one attached hydrogen (secondary N) is 1. The highest BCUT2D eigenvalue weighted by atomic mass is 15.2. The fourth-order valence-corrected chi connectivity index (χ4v) is 2.48. The lowest BCUT2D eigenvalue weighted by atomic mass is 10.0. The topological polar surface area (TPSA) is 41.1 Å². The smallest absolute Gasteiger partial charge is 0.134 e. The minimum Gasteiger partial charge on any atom is -0.368 e. The molecule has 0 saturated carbocycles. The molecule has 2 heterocycles. The Bertz CT molecular complexity index is 403. The van der Waals surface area contributed by atoms with Gasteiger partial charge < -0.3 is 10.2 Å². The highest BCUT2D eigenvalue weighted by Crippen LogP contribution is 2.23. The maximum Gasteiger partial charge on any atom is 0.134 e. The number of hydrogen-bond acceptors (Lipinski definition) is 4. The van der Waals surface area contributed by atoms with Crippen molar-refractivity contribution < 1.29 is 0 Å². The van der Waals surface area contributed by atoms with E-state index in [9.17, 15) is 0 Å². The van der Waals surface area contributed by atoms with Crippen LogP contribution in [0.25, 0.3) is 0 Å². The molecule has 2 rings (SSSR count). The highest BCUT2D eigenvalue weighted by molar-refractivity contribution is 5.50. The number of aryl methyl sites for hydroxylation is 1. The molecule has 1 unspecified atom stereocenters. The fraction of sp³-hybridized carbons (Fsp3) is 0.714. The van der Waals surface area contributed by atoms with Gasteiger partial charge in [-0.2, -0.15) is 0 Å². The molecule has 18 heavy (non-hydrogen) atoms.